The Bertz CT molecular complexity index is 1090. The molecule has 7 heteroatoms. The first kappa shape index (κ1) is 18.9. The van der Waals surface area contributed by atoms with Crippen molar-refractivity contribution in [3.8, 4) is 0 Å². The number of alkyl halides is 1. The molecular formula is C23H24FN5O. The minimum Gasteiger partial charge on any atom is -0.367 e. The van der Waals surface area contributed by atoms with Gasteiger partial charge in [0.05, 0.1) is 35.6 Å². The number of hydrogen-bond donors (Lipinski definition) is 1. The Labute approximate surface area is 174 Å². The molecule has 2 aromatic heterocycles. The highest BCUT2D eigenvalue weighted by Gasteiger charge is 2.33. The maximum Gasteiger partial charge on any atom is 0.258 e. The number of pyridine rings is 2. The molecule has 1 atom stereocenters. The van der Waals surface area contributed by atoms with Crippen LogP contribution in [0.4, 0.5) is 10.1 Å². The van der Waals surface area contributed by atoms with Gasteiger partial charge in [0, 0.05) is 49.9 Å². The molecule has 1 saturated heterocycles. The van der Waals surface area contributed by atoms with Gasteiger partial charge in [-0.1, -0.05) is 24.3 Å². The standard InChI is InChI=1S/C23H24FN5O/c24-17-13-25-10-12-28(14-17)21-7-9-26-20-15-29(23(30)22(20)21)11-8-18-6-5-16-3-1-2-4-19(16)27-18/h1-7,9,17,25H,8,10-15H2. The van der Waals surface area contributed by atoms with E-state index in [-0.39, 0.29) is 12.5 Å². The predicted octanol–water partition coefficient (Wildman–Crippen LogP) is 2.58. The van der Waals surface area contributed by atoms with Gasteiger partial charge in [-0.15, -0.1) is 0 Å². The summed E-state index contributed by atoms with van der Waals surface area (Å²) in [6.07, 6.45) is 1.45. The van der Waals surface area contributed by atoms with E-state index in [0.717, 1.165) is 28.0 Å². The highest BCUT2D eigenvalue weighted by Crippen LogP contribution is 2.31. The van der Waals surface area contributed by atoms with Crippen molar-refractivity contribution in [2.24, 2.45) is 0 Å². The quantitative estimate of drug-likeness (QED) is 0.723. The van der Waals surface area contributed by atoms with Gasteiger partial charge in [0.25, 0.3) is 5.91 Å². The van der Waals surface area contributed by atoms with Gasteiger partial charge in [-0.25, -0.2) is 4.39 Å². The Morgan fingerprint density at radius 1 is 1.17 bits per heavy atom. The Balaban J connectivity index is 1.33. The van der Waals surface area contributed by atoms with Crippen LogP contribution in [0.15, 0.2) is 48.7 Å². The number of aromatic nitrogens is 2. The molecule has 3 aromatic rings. The van der Waals surface area contributed by atoms with Crippen molar-refractivity contribution in [2.75, 3.05) is 37.6 Å². The van der Waals surface area contributed by atoms with Crippen LogP contribution in [0.2, 0.25) is 0 Å². The van der Waals surface area contributed by atoms with Crippen LogP contribution in [0.1, 0.15) is 21.7 Å². The summed E-state index contributed by atoms with van der Waals surface area (Å²) in [5, 5.41) is 4.21. The molecule has 5 rings (SSSR count). The third kappa shape index (κ3) is 3.61. The van der Waals surface area contributed by atoms with Crippen molar-refractivity contribution >= 4 is 22.5 Å². The lowest BCUT2D eigenvalue weighted by Gasteiger charge is -2.25. The third-order valence-electron chi connectivity index (χ3n) is 5.83. The van der Waals surface area contributed by atoms with E-state index in [0.29, 0.717) is 44.7 Å². The zero-order valence-electron chi connectivity index (χ0n) is 16.7. The molecule has 1 N–H and O–H groups in total. The Hall–Kier alpha value is -3.06. The number of para-hydroxylation sites is 1. The molecule has 4 heterocycles. The van der Waals surface area contributed by atoms with E-state index in [2.05, 4.69) is 16.4 Å². The second kappa shape index (κ2) is 7.99. The molecule has 0 radical (unpaired) electrons. The van der Waals surface area contributed by atoms with Gasteiger partial charge in [0.2, 0.25) is 0 Å². The number of nitrogens with zero attached hydrogens (tertiary/aromatic N) is 4. The highest BCUT2D eigenvalue weighted by molar-refractivity contribution is 6.03. The predicted molar refractivity (Wildman–Crippen MR) is 114 cm³/mol. The Morgan fingerprint density at radius 2 is 2.07 bits per heavy atom. The van der Waals surface area contributed by atoms with Crippen molar-refractivity contribution in [2.45, 2.75) is 19.1 Å². The third-order valence-corrected chi connectivity index (χ3v) is 5.83. The number of rotatable bonds is 4. The van der Waals surface area contributed by atoms with Gasteiger partial charge >= 0.3 is 0 Å². The Morgan fingerprint density at radius 3 is 3.00 bits per heavy atom. The number of carbonyl (C=O) groups is 1. The number of amides is 1. The number of hydrogen-bond acceptors (Lipinski definition) is 5. The maximum absolute atomic E-state index is 14.1. The summed E-state index contributed by atoms with van der Waals surface area (Å²) < 4.78 is 14.1. The molecule has 1 fully saturated rings. The molecule has 1 aromatic carbocycles. The molecule has 1 unspecified atom stereocenters. The van der Waals surface area contributed by atoms with Crippen LogP contribution in [0.3, 0.4) is 0 Å². The van der Waals surface area contributed by atoms with Crippen LogP contribution in [-0.4, -0.2) is 59.7 Å². The smallest absolute Gasteiger partial charge is 0.258 e. The second-order valence-electron chi connectivity index (χ2n) is 7.87. The lowest BCUT2D eigenvalue weighted by molar-refractivity contribution is 0.0780. The van der Waals surface area contributed by atoms with Crippen LogP contribution in [0.25, 0.3) is 10.9 Å². The van der Waals surface area contributed by atoms with Crippen molar-refractivity contribution < 1.29 is 9.18 Å². The van der Waals surface area contributed by atoms with Gasteiger partial charge < -0.3 is 15.1 Å². The SMILES string of the molecule is O=C1c2c(N3CCNCC(F)C3)ccnc2CN1CCc1ccc2ccccc2n1. The largest absolute Gasteiger partial charge is 0.367 e. The maximum atomic E-state index is 14.1. The van der Waals surface area contributed by atoms with E-state index in [9.17, 15) is 9.18 Å². The molecule has 154 valence electrons. The van der Waals surface area contributed by atoms with Gasteiger partial charge in [-0.2, -0.15) is 0 Å². The summed E-state index contributed by atoms with van der Waals surface area (Å²) in [4.78, 5) is 26.1. The van der Waals surface area contributed by atoms with E-state index in [1.807, 2.05) is 46.2 Å². The zero-order valence-corrected chi connectivity index (χ0v) is 16.7. The summed E-state index contributed by atoms with van der Waals surface area (Å²) in [6, 6.07) is 13.9. The average molecular weight is 405 g/mol. The van der Waals surface area contributed by atoms with Crippen LogP contribution in [-0.2, 0) is 13.0 Å². The van der Waals surface area contributed by atoms with E-state index >= 15 is 0 Å². The van der Waals surface area contributed by atoms with Gasteiger partial charge in [0.1, 0.15) is 6.17 Å². The first-order valence-electron chi connectivity index (χ1n) is 10.4. The summed E-state index contributed by atoms with van der Waals surface area (Å²) in [6.45, 7) is 3.07. The van der Waals surface area contributed by atoms with Gasteiger partial charge in [-0.05, 0) is 18.2 Å². The number of anilines is 1. The molecular weight excluding hydrogens is 381 g/mol. The molecule has 0 saturated carbocycles. The van der Waals surface area contributed by atoms with Gasteiger partial charge in [-0.3, -0.25) is 14.8 Å². The van der Waals surface area contributed by atoms with Crippen molar-refractivity contribution in [3.63, 3.8) is 0 Å². The minimum absolute atomic E-state index is 0.0264. The van der Waals surface area contributed by atoms with E-state index in [4.69, 9.17) is 4.98 Å². The second-order valence-corrected chi connectivity index (χ2v) is 7.87. The molecule has 0 aliphatic carbocycles. The van der Waals surface area contributed by atoms with Crippen LogP contribution in [0.5, 0.6) is 0 Å². The van der Waals surface area contributed by atoms with E-state index in [1.54, 1.807) is 6.20 Å². The summed E-state index contributed by atoms with van der Waals surface area (Å²) >= 11 is 0. The van der Waals surface area contributed by atoms with E-state index < -0.39 is 6.17 Å². The number of nitrogens with one attached hydrogen (secondary N) is 1. The lowest BCUT2D eigenvalue weighted by Crippen LogP contribution is -2.33. The summed E-state index contributed by atoms with van der Waals surface area (Å²) in [5.41, 5.74) is 4.12. The molecule has 1 amide bonds. The fourth-order valence-electron chi connectivity index (χ4n) is 4.28. The fourth-order valence-corrected chi connectivity index (χ4v) is 4.28. The summed E-state index contributed by atoms with van der Waals surface area (Å²) in [5.74, 6) is -0.0264. The zero-order chi connectivity index (χ0) is 20.5. The van der Waals surface area contributed by atoms with Crippen LogP contribution >= 0.6 is 0 Å². The van der Waals surface area contributed by atoms with E-state index in [1.165, 1.54) is 0 Å². The molecule has 0 bridgehead atoms. The lowest BCUT2D eigenvalue weighted by atomic mass is 10.1. The first-order valence-corrected chi connectivity index (χ1v) is 10.4. The topological polar surface area (TPSA) is 61.4 Å². The molecule has 0 spiro atoms. The molecule has 30 heavy (non-hydrogen) atoms. The number of carbonyl (C=O) groups excluding carboxylic acids is 1. The monoisotopic (exact) mass is 405 g/mol. The van der Waals surface area contributed by atoms with Crippen LogP contribution < -0.4 is 10.2 Å². The number of halogens is 1. The fraction of sp³-hybridized carbons (Fsp3) is 0.348. The van der Waals surface area contributed by atoms with Gasteiger partial charge in [0.15, 0.2) is 0 Å². The number of fused-ring (bicyclic) bond motifs is 2. The highest BCUT2D eigenvalue weighted by atomic mass is 19.1. The van der Waals surface area contributed by atoms with Crippen molar-refractivity contribution in [3.05, 3.63) is 65.6 Å². The minimum atomic E-state index is -0.956. The number of benzene rings is 1. The summed E-state index contributed by atoms with van der Waals surface area (Å²) in [7, 11) is 0. The van der Waals surface area contributed by atoms with Crippen LogP contribution in [0, 0.1) is 0 Å². The normalized spacial score (nSPS) is 19.2. The van der Waals surface area contributed by atoms with Crippen molar-refractivity contribution in [1.82, 2.24) is 20.2 Å². The first-order chi connectivity index (χ1) is 14.7. The molecule has 2 aliphatic rings. The van der Waals surface area contributed by atoms with Crippen molar-refractivity contribution in [1.29, 1.82) is 0 Å². The molecule has 2 aliphatic heterocycles. The Kier molecular flexibility index (Phi) is 5.04. The average Bonchev–Trinajstić information content (AvgIpc) is 2.93. The molecule has 6 nitrogen and oxygen atoms in total.